The summed E-state index contributed by atoms with van der Waals surface area (Å²) < 4.78 is 0. The van der Waals surface area contributed by atoms with Gasteiger partial charge in [0.05, 0.1) is 23.4 Å². The number of nitrogens with zero attached hydrogens (tertiary/aromatic N) is 2. The maximum atomic E-state index is 9.76. The molecule has 0 spiro atoms. The van der Waals surface area contributed by atoms with Gasteiger partial charge in [0.2, 0.25) is 0 Å². The quantitative estimate of drug-likeness (QED) is 0.146. The predicted molar refractivity (Wildman–Crippen MR) is 164 cm³/mol. The Hall–Kier alpha value is -2.69. The van der Waals surface area contributed by atoms with Crippen LogP contribution in [0.4, 0.5) is 0 Å². The predicted octanol–water partition coefficient (Wildman–Crippen LogP) is 8.21. The molecule has 4 nitrogen and oxygen atoms in total. The van der Waals surface area contributed by atoms with Crippen LogP contribution in [-0.2, 0) is 20.1 Å². The van der Waals surface area contributed by atoms with Gasteiger partial charge in [-0.1, -0.05) is 113 Å². The Labute approximate surface area is 252 Å². The van der Waals surface area contributed by atoms with Crippen molar-refractivity contribution in [2.75, 3.05) is 0 Å². The molecule has 2 unspecified atom stereocenters. The fourth-order valence-corrected chi connectivity index (χ4v) is 4.53. The van der Waals surface area contributed by atoms with Crippen LogP contribution in [0.15, 0.2) is 66.9 Å². The van der Waals surface area contributed by atoms with Gasteiger partial charge in [-0.15, -0.1) is 29.1 Å². The van der Waals surface area contributed by atoms with Crippen molar-refractivity contribution in [3.05, 3.63) is 84.1 Å². The Bertz CT molecular complexity index is 1580. The minimum atomic E-state index is -0.443. The van der Waals surface area contributed by atoms with E-state index >= 15 is 0 Å². The van der Waals surface area contributed by atoms with Crippen LogP contribution >= 0.6 is 0 Å². The minimum absolute atomic E-state index is 0. The van der Waals surface area contributed by atoms with Gasteiger partial charge < -0.3 is 15.2 Å². The second kappa shape index (κ2) is 12.4. The molecule has 1 heterocycles. The first-order chi connectivity index (χ1) is 18.3. The topological polar surface area (TPSA) is 66.2 Å². The molecule has 5 rings (SSSR count). The van der Waals surface area contributed by atoms with Crippen molar-refractivity contribution in [1.82, 2.24) is 9.97 Å². The second-order valence-electron chi connectivity index (χ2n) is 12.8. The van der Waals surface area contributed by atoms with E-state index in [-0.39, 0.29) is 30.9 Å². The van der Waals surface area contributed by atoms with Crippen LogP contribution in [0.5, 0.6) is 0 Å². The molecule has 0 aliphatic carbocycles. The zero-order valence-corrected chi connectivity index (χ0v) is 27.2. The first kappa shape index (κ1) is 31.8. The summed E-state index contributed by atoms with van der Waals surface area (Å²) in [5.74, 6) is 0. The number of fused-ring (bicyclic) bond motifs is 6. The van der Waals surface area contributed by atoms with E-state index < -0.39 is 12.2 Å². The molecule has 4 aromatic carbocycles. The smallest absolute Gasteiger partial charge is 0.0873 e. The maximum absolute atomic E-state index is 9.76. The van der Waals surface area contributed by atoms with E-state index in [0.717, 1.165) is 33.1 Å². The van der Waals surface area contributed by atoms with E-state index in [1.165, 1.54) is 21.9 Å². The average Bonchev–Trinajstić information content (AvgIpc) is 2.88. The summed E-state index contributed by atoms with van der Waals surface area (Å²) in [5.41, 5.74) is 5.98. The molecular formula is C35H41IrN2O2-. The summed E-state index contributed by atoms with van der Waals surface area (Å²) in [7, 11) is 0. The summed E-state index contributed by atoms with van der Waals surface area (Å²) in [4.78, 5) is 9.79. The molecule has 0 saturated heterocycles. The van der Waals surface area contributed by atoms with E-state index in [9.17, 15) is 10.2 Å². The van der Waals surface area contributed by atoms with E-state index in [0.29, 0.717) is 6.42 Å². The Balaban J connectivity index is 0.000000272. The number of aromatic nitrogens is 2. The van der Waals surface area contributed by atoms with Crippen molar-refractivity contribution < 1.29 is 30.3 Å². The van der Waals surface area contributed by atoms with E-state index in [2.05, 4.69) is 56.3 Å². The fraction of sp³-hybridized carbons (Fsp3) is 0.371. The molecule has 2 atom stereocenters. The van der Waals surface area contributed by atoms with Crippen LogP contribution in [0.25, 0.3) is 43.8 Å². The average molecular weight is 714 g/mol. The molecule has 0 amide bonds. The molecule has 213 valence electrons. The molecule has 0 bridgehead atoms. The van der Waals surface area contributed by atoms with Gasteiger partial charge in [-0.2, -0.15) is 0 Å². The van der Waals surface area contributed by atoms with Crippen molar-refractivity contribution in [3.63, 3.8) is 0 Å². The zero-order chi connectivity index (χ0) is 28.5. The standard InChI is InChI=1S/C24H17N2.C11H24O2.Ir/c1-15-8-10-18-20(12-15)21-13-16(2)9-11-19(21)24-23(18)25-14-22(26-24)17-6-4-3-5-7-17;1-10(2,3)8(12)7-9(13)11(4,5)6;/h3-9,11-14H,1-2H3;8-9,12-13H,7H2,1-6H3;/q-1;;. The number of rotatable bonds is 3. The number of hydrogen-bond acceptors (Lipinski definition) is 4. The molecule has 1 radical (unpaired) electrons. The van der Waals surface area contributed by atoms with Crippen LogP contribution in [0.2, 0.25) is 0 Å². The van der Waals surface area contributed by atoms with Gasteiger partial charge in [0, 0.05) is 43.8 Å². The zero-order valence-electron chi connectivity index (χ0n) is 24.8. The Morgan fingerprint density at radius 2 is 1.35 bits per heavy atom. The molecular weight excluding hydrogens is 673 g/mol. The molecule has 0 aliphatic rings. The molecule has 0 aliphatic heterocycles. The van der Waals surface area contributed by atoms with Gasteiger partial charge in [-0.05, 0) is 23.1 Å². The van der Waals surface area contributed by atoms with Crippen molar-refractivity contribution in [2.45, 2.75) is 74.0 Å². The van der Waals surface area contributed by atoms with Crippen molar-refractivity contribution in [2.24, 2.45) is 10.8 Å². The number of aryl methyl sites for hydroxylation is 2. The third-order valence-electron chi connectivity index (χ3n) is 7.33. The van der Waals surface area contributed by atoms with Crippen molar-refractivity contribution in [3.8, 4) is 11.3 Å². The van der Waals surface area contributed by atoms with Gasteiger partial charge in [0.1, 0.15) is 0 Å². The van der Waals surface area contributed by atoms with Crippen LogP contribution in [0.1, 0.15) is 59.1 Å². The number of aliphatic hydroxyl groups is 2. The summed E-state index contributed by atoms with van der Waals surface area (Å²) in [6.45, 7) is 16.1. The van der Waals surface area contributed by atoms with Gasteiger partial charge in [-0.25, -0.2) is 0 Å². The largest absolute Gasteiger partial charge is 0.392 e. The van der Waals surface area contributed by atoms with Crippen molar-refractivity contribution >= 4 is 32.6 Å². The normalized spacial score (nSPS) is 13.4. The maximum Gasteiger partial charge on any atom is 0.0873 e. The Kier molecular flexibility index (Phi) is 9.90. The van der Waals surface area contributed by atoms with Crippen LogP contribution in [0, 0.1) is 30.7 Å². The SMILES string of the molecule is CC(C)(C)C(O)CC(O)C(C)(C)C.Cc1c[c-]c2c(c1)c1cc(C)ccc1c1nc(-c3ccccc3)cnc21.[Ir]. The third-order valence-corrected chi connectivity index (χ3v) is 7.33. The summed E-state index contributed by atoms with van der Waals surface area (Å²) >= 11 is 0. The number of hydrogen-bond donors (Lipinski definition) is 2. The summed E-state index contributed by atoms with van der Waals surface area (Å²) in [5, 5.41) is 24.1. The first-order valence-corrected chi connectivity index (χ1v) is 13.7. The third kappa shape index (κ3) is 7.14. The van der Waals surface area contributed by atoms with Gasteiger partial charge in [0.25, 0.3) is 0 Å². The van der Waals surface area contributed by atoms with Gasteiger partial charge in [-0.3, -0.25) is 4.98 Å². The van der Waals surface area contributed by atoms with Crippen LogP contribution < -0.4 is 0 Å². The monoisotopic (exact) mass is 714 g/mol. The van der Waals surface area contributed by atoms with Gasteiger partial charge in [0.15, 0.2) is 0 Å². The fourth-order valence-electron chi connectivity index (χ4n) is 4.53. The van der Waals surface area contributed by atoms with Crippen LogP contribution in [0.3, 0.4) is 0 Å². The van der Waals surface area contributed by atoms with Crippen molar-refractivity contribution in [1.29, 1.82) is 0 Å². The Morgan fingerprint density at radius 3 is 1.95 bits per heavy atom. The molecule has 2 N–H and O–H groups in total. The van der Waals surface area contributed by atoms with E-state index in [1.54, 1.807) is 0 Å². The molecule has 5 aromatic rings. The summed E-state index contributed by atoms with van der Waals surface area (Å²) in [6, 6.07) is 24.4. The first-order valence-electron chi connectivity index (χ1n) is 13.7. The van der Waals surface area contributed by atoms with Crippen LogP contribution in [-0.4, -0.2) is 32.4 Å². The van der Waals surface area contributed by atoms with E-state index in [1.807, 2.05) is 72.0 Å². The minimum Gasteiger partial charge on any atom is -0.392 e. The number of aliphatic hydroxyl groups excluding tert-OH is 2. The number of benzene rings is 4. The summed E-state index contributed by atoms with van der Waals surface area (Å²) in [6.07, 6.45) is 1.43. The Morgan fingerprint density at radius 1 is 0.750 bits per heavy atom. The molecule has 5 heteroatoms. The van der Waals surface area contributed by atoms with Gasteiger partial charge >= 0.3 is 0 Å². The molecule has 0 saturated carbocycles. The molecule has 1 aromatic heterocycles. The molecule has 40 heavy (non-hydrogen) atoms. The second-order valence-corrected chi connectivity index (χ2v) is 12.8. The van der Waals surface area contributed by atoms with E-state index in [4.69, 9.17) is 9.97 Å². The molecule has 0 fully saturated rings.